The standard InChI is InChI=1S/C28H35N3O6/c1-17(2)27(33)30-19-7-12-24-22(13-19)28(34)31(3)23-11-10-21(37-25(23)16-36-24)14-26(32)29-15-18-5-8-20(35-4)9-6-18/h5-9,12-13,17,21,23,25H,10-11,14-16H2,1-4H3,(H,29,32)(H,30,33)/t21-,23-,25-/m1/s1. The summed E-state index contributed by atoms with van der Waals surface area (Å²) in [5.74, 6) is 0.648. The van der Waals surface area contributed by atoms with E-state index in [0.29, 0.717) is 36.4 Å². The molecule has 2 heterocycles. The fraction of sp³-hybridized carbons (Fsp3) is 0.464. The minimum Gasteiger partial charge on any atom is -0.497 e. The molecule has 198 valence electrons. The lowest BCUT2D eigenvalue weighted by atomic mass is 9.94. The molecule has 0 unspecified atom stereocenters. The highest BCUT2D eigenvalue weighted by atomic mass is 16.5. The molecule has 9 heteroatoms. The van der Waals surface area contributed by atoms with Crippen molar-refractivity contribution in [2.45, 2.75) is 57.9 Å². The van der Waals surface area contributed by atoms with Gasteiger partial charge in [-0.15, -0.1) is 0 Å². The second-order valence-corrected chi connectivity index (χ2v) is 9.85. The maximum Gasteiger partial charge on any atom is 0.257 e. The maximum atomic E-state index is 13.3. The van der Waals surface area contributed by atoms with E-state index in [1.165, 1.54) is 0 Å². The lowest BCUT2D eigenvalue weighted by molar-refractivity contribution is -0.134. The number of benzene rings is 2. The summed E-state index contributed by atoms with van der Waals surface area (Å²) >= 11 is 0. The van der Waals surface area contributed by atoms with Gasteiger partial charge in [-0.05, 0) is 48.7 Å². The van der Waals surface area contributed by atoms with Crippen molar-refractivity contribution < 1.29 is 28.6 Å². The molecule has 2 aliphatic rings. The molecule has 0 bridgehead atoms. The Balaban J connectivity index is 1.36. The van der Waals surface area contributed by atoms with Crippen LogP contribution in [0, 0.1) is 5.92 Å². The van der Waals surface area contributed by atoms with Crippen molar-refractivity contribution in [3.63, 3.8) is 0 Å². The zero-order valence-corrected chi connectivity index (χ0v) is 21.8. The summed E-state index contributed by atoms with van der Waals surface area (Å²) < 4.78 is 17.4. The normalized spacial score (nSPS) is 21.2. The van der Waals surface area contributed by atoms with Crippen LogP contribution in [0.3, 0.4) is 0 Å². The average Bonchev–Trinajstić information content (AvgIpc) is 2.90. The number of fused-ring (bicyclic) bond motifs is 2. The van der Waals surface area contributed by atoms with Crippen LogP contribution in [0.1, 0.15) is 49.0 Å². The van der Waals surface area contributed by atoms with E-state index in [9.17, 15) is 14.4 Å². The quantitative estimate of drug-likeness (QED) is 0.593. The topological polar surface area (TPSA) is 106 Å². The third-order valence-corrected chi connectivity index (χ3v) is 6.87. The second kappa shape index (κ2) is 11.6. The number of methoxy groups -OCH3 is 1. The number of likely N-dealkylation sites (N-methyl/N-ethyl adjacent to an activating group) is 1. The van der Waals surface area contributed by atoms with E-state index in [1.54, 1.807) is 37.3 Å². The number of hydrogen-bond donors (Lipinski definition) is 2. The van der Waals surface area contributed by atoms with Crippen LogP contribution in [0.2, 0.25) is 0 Å². The summed E-state index contributed by atoms with van der Waals surface area (Å²) in [7, 11) is 3.38. The highest BCUT2D eigenvalue weighted by Crippen LogP contribution is 2.32. The van der Waals surface area contributed by atoms with Gasteiger partial charge in [0.15, 0.2) is 0 Å². The lowest BCUT2D eigenvalue weighted by Gasteiger charge is -2.42. The average molecular weight is 510 g/mol. The predicted octanol–water partition coefficient (Wildman–Crippen LogP) is 3.38. The van der Waals surface area contributed by atoms with Gasteiger partial charge in [0, 0.05) is 25.2 Å². The van der Waals surface area contributed by atoms with Crippen LogP contribution in [0.25, 0.3) is 0 Å². The van der Waals surface area contributed by atoms with Gasteiger partial charge in [-0.1, -0.05) is 26.0 Å². The van der Waals surface area contributed by atoms with Crippen molar-refractivity contribution in [1.29, 1.82) is 0 Å². The molecule has 0 spiro atoms. The Morgan fingerprint density at radius 1 is 1.14 bits per heavy atom. The molecular formula is C28H35N3O6. The molecule has 0 saturated carbocycles. The highest BCUT2D eigenvalue weighted by molar-refractivity contribution is 6.00. The first-order chi connectivity index (χ1) is 17.7. The Hall–Kier alpha value is -3.59. The number of nitrogens with one attached hydrogen (secondary N) is 2. The lowest BCUT2D eigenvalue weighted by Crippen LogP contribution is -2.53. The number of nitrogens with zero attached hydrogens (tertiary/aromatic N) is 1. The summed E-state index contributed by atoms with van der Waals surface area (Å²) in [6, 6.07) is 12.5. The monoisotopic (exact) mass is 509 g/mol. The molecule has 9 nitrogen and oxygen atoms in total. The molecule has 0 aromatic heterocycles. The predicted molar refractivity (Wildman–Crippen MR) is 139 cm³/mol. The third-order valence-electron chi connectivity index (χ3n) is 6.87. The first-order valence-electron chi connectivity index (χ1n) is 12.6. The second-order valence-electron chi connectivity index (χ2n) is 9.85. The number of hydrogen-bond acceptors (Lipinski definition) is 6. The van der Waals surface area contributed by atoms with Gasteiger partial charge in [0.1, 0.15) is 24.2 Å². The van der Waals surface area contributed by atoms with Gasteiger partial charge < -0.3 is 29.7 Å². The van der Waals surface area contributed by atoms with Crippen LogP contribution in [0.15, 0.2) is 42.5 Å². The molecule has 4 rings (SSSR count). The fourth-order valence-corrected chi connectivity index (χ4v) is 4.61. The van der Waals surface area contributed by atoms with Crippen LogP contribution >= 0.6 is 0 Å². The van der Waals surface area contributed by atoms with Crippen LogP contribution < -0.4 is 20.1 Å². The molecule has 3 amide bonds. The van der Waals surface area contributed by atoms with Crippen molar-refractivity contribution in [3.05, 3.63) is 53.6 Å². The molecule has 1 fully saturated rings. The van der Waals surface area contributed by atoms with Gasteiger partial charge in [0.05, 0.1) is 31.2 Å². The Kier molecular flexibility index (Phi) is 8.33. The molecule has 37 heavy (non-hydrogen) atoms. The zero-order chi connectivity index (χ0) is 26.5. The molecule has 2 N–H and O–H groups in total. The zero-order valence-electron chi connectivity index (χ0n) is 21.8. The Morgan fingerprint density at radius 3 is 2.59 bits per heavy atom. The third kappa shape index (κ3) is 6.40. The number of amides is 3. The van der Waals surface area contributed by atoms with Crippen LogP contribution in [-0.2, 0) is 20.9 Å². The molecule has 1 saturated heterocycles. The number of ether oxygens (including phenoxy) is 3. The van der Waals surface area contributed by atoms with E-state index < -0.39 is 0 Å². The van der Waals surface area contributed by atoms with Crippen molar-refractivity contribution in [2.24, 2.45) is 5.92 Å². The van der Waals surface area contributed by atoms with Crippen LogP contribution in [-0.4, -0.2) is 61.6 Å². The van der Waals surface area contributed by atoms with Gasteiger partial charge in [-0.2, -0.15) is 0 Å². The first-order valence-corrected chi connectivity index (χ1v) is 12.6. The number of anilines is 1. The summed E-state index contributed by atoms with van der Waals surface area (Å²) in [6.07, 6.45) is 0.997. The summed E-state index contributed by atoms with van der Waals surface area (Å²) in [5, 5.41) is 5.78. The van der Waals surface area contributed by atoms with E-state index in [-0.39, 0.29) is 54.9 Å². The van der Waals surface area contributed by atoms with E-state index in [2.05, 4.69) is 10.6 Å². The molecule has 0 radical (unpaired) electrons. The van der Waals surface area contributed by atoms with Crippen LogP contribution in [0.4, 0.5) is 5.69 Å². The SMILES string of the molecule is COc1ccc(CNC(=O)C[C@H]2CC[C@@H]3[C@@H](COc4ccc(NC(=O)C(C)C)cc4C(=O)N3C)O2)cc1. The van der Waals surface area contributed by atoms with Gasteiger partial charge in [-0.3, -0.25) is 14.4 Å². The van der Waals surface area contributed by atoms with Crippen molar-refractivity contribution in [3.8, 4) is 11.5 Å². The van der Waals surface area contributed by atoms with Crippen molar-refractivity contribution >= 4 is 23.4 Å². The van der Waals surface area contributed by atoms with E-state index in [1.807, 2.05) is 38.1 Å². The van der Waals surface area contributed by atoms with Crippen molar-refractivity contribution in [1.82, 2.24) is 10.2 Å². The largest absolute Gasteiger partial charge is 0.497 e. The van der Waals surface area contributed by atoms with Gasteiger partial charge in [0.2, 0.25) is 11.8 Å². The molecule has 0 aliphatic carbocycles. The number of rotatable bonds is 7. The summed E-state index contributed by atoms with van der Waals surface area (Å²) in [6.45, 7) is 4.31. The Morgan fingerprint density at radius 2 is 1.89 bits per heavy atom. The van der Waals surface area contributed by atoms with E-state index in [0.717, 1.165) is 11.3 Å². The highest BCUT2D eigenvalue weighted by Gasteiger charge is 2.39. The van der Waals surface area contributed by atoms with Gasteiger partial charge in [0.25, 0.3) is 5.91 Å². The molecule has 2 aliphatic heterocycles. The Labute approximate surface area is 217 Å². The van der Waals surface area contributed by atoms with E-state index >= 15 is 0 Å². The molecule has 2 aromatic carbocycles. The number of carbonyl (C=O) groups is 3. The van der Waals surface area contributed by atoms with Crippen molar-refractivity contribution in [2.75, 3.05) is 26.1 Å². The summed E-state index contributed by atoms with van der Waals surface area (Å²) in [5.41, 5.74) is 1.95. The Bertz CT molecular complexity index is 1130. The van der Waals surface area contributed by atoms with Crippen LogP contribution in [0.5, 0.6) is 11.5 Å². The number of carbonyl (C=O) groups excluding carboxylic acids is 3. The maximum absolute atomic E-state index is 13.3. The smallest absolute Gasteiger partial charge is 0.257 e. The minimum absolute atomic E-state index is 0.0863. The van der Waals surface area contributed by atoms with Gasteiger partial charge in [-0.25, -0.2) is 0 Å². The van der Waals surface area contributed by atoms with E-state index in [4.69, 9.17) is 14.2 Å². The summed E-state index contributed by atoms with van der Waals surface area (Å²) in [4.78, 5) is 39.7. The van der Waals surface area contributed by atoms with Gasteiger partial charge >= 0.3 is 0 Å². The molecule has 3 atom stereocenters. The fourth-order valence-electron chi connectivity index (χ4n) is 4.61. The minimum atomic E-state index is -0.351. The molecular weight excluding hydrogens is 474 g/mol. The first kappa shape index (κ1) is 26.5. The molecule has 2 aromatic rings.